The molecule has 2 unspecified atom stereocenters. The molecule has 2 heteroatoms. The predicted octanol–water partition coefficient (Wildman–Crippen LogP) is 3.52. The van der Waals surface area contributed by atoms with Crippen LogP contribution in [0.3, 0.4) is 0 Å². The summed E-state index contributed by atoms with van der Waals surface area (Å²) in [4.78, 5) is 2.61. The summed E-state index contributed by atoms with van der Waals surface area (Å²) in [6, 6.07) is 0. The number of likely N-dealkylation sites (N-methyl/N-ethyl adjacent to an activating group) is 1. The van der Waals surface area contributed by atoms with E-state index in [0.717, 1.165) is 18.4 Å². The van der Waals surface area contributed by atoms with Crippen LogP contribution in [0.4, 0.5) is 0 Å². The lowest BCUT2D eigenvalue weighted by molar-refractivity contribution is -0.111. The van der Waals surface area contributed by atoms with Crippen molar-refractivity contribution < 1.29 is 0 Å². The van der Waals surface area contributed by atoms with Gasteiger partial charge in [0, 0.05) is 19.6 Å². The minimum absolute atomic E-state index is 0.679. The summed E-state index contributed by atoms with van der Waals surface area (Å²) in [6.45, 7) is 9.72. The second-order valence-corrected chi connectivity index (χ2v) is 8.76. The van der Waals surface area contributed by atoms with Crippen LogP contribution >= 0.6 is 0 Å². The van der Waals surface area contributed by atoms with Gasteiger partial charge in [0.15, 0.2) is 0 Å². The van der Waals surface area contributed by atoms with Crippen LogP contribution in [0.15, 0.2) is 0 Å². The molecule has 4 rings (SSSR count). The van der Waals surface area contributed by atoms with E-state index in [4.69, 9.17) is 0 Å². The highest BCUT2D eigenvalue weighted by atomic mass is 15.1. The van der Waals surface area contributed by atoms with Crippen LogP contribution in [-0.4, -0.2) is 38.1 Å². The Kier molecular flexibility index (Phi) is 4.16. The molecule has 4 saturated carbocycles. The number of rotatable bonds is 7. The standard InChI is InChI=1S/C18H34N2/c1-4-5-19-6-7-20(3)14-18-11-15-8-16(12-18)10-17(2,9-15)13-18/h15-16,19H,4-14H2,1-3H3. The zero-order chi connectivity index (χ0) is 14.2. The number of hydrogen-bond acceptors (Lipinski definition) is 2. The van der Waals surface area contributed by atoms with Crippen molar-refractivity contribution in [2.24, 2.45) is 22.7 Å². The lowest BCUT2D eigenvalue weighted by Crippen LogP contribution is -2.54. The average molecular weight is 278 g/mol. The molecule has 0 aliphatic heterocycles. The summed E-state index contributed by atoms with van der Waals surface area (Å²) in [5.41, 5.74) is 1.38. The molecule has 4 fully saturated rings. The largest absolute Gasteiger partial charge is 0.315 e. The van der Waals surface area contributed by atoms with Crippen LogP contribution in [0.1, 0.15) is 58.8 Å². The first-order valence-electron chi connectivity index (χ1n) is 8.92. The van der Waals surface area contributed by atoms with E-state index >= 15 is 0 Å². The smallest absolute Gasteiger partial charge is 0.0104 e. The fourth-order valence-electron chi connectivity index (χ4n) is 6.34. The van der Waals surface area contributed by atoms with E-state index in [1.54, 1.807) is 6.42 Å². The Bertz CT molecular complexity index is 324. The molecular weight excluding hydrogens is 244 g/mol. The third-order valence-electron chi connectivity index (χ3n) is 6.18. The molecule has 0 saturated heterocycles. The number of nitrogens with zero attached hydrogens (tertiary/aromatic N) is 1. The maximum atomic E-state index is 3.54. The quantitative estimate of drug-likeness (QED) is 0.717. The Morgan fingerprint density at radius 3 is 2.40 bits per heavy atom. The first-order valence-corrected chi connectivity index (χ1v) is 8.92. The van der Waals surface area contributed by atoms with Gasteiger partial charge in [0.1, 0.15) is 0 Å². The van der Waals surface area contributed by atoms with Crippen LogP contribution in [0, 0.1) is 22.7 Å². The van der Waals surface area contributed by atoms with Gasteiger partial charge >= 0.3 is 0 Å². The highest BCUT2D eigenvalue weighted by molar-refractivity contribution is 5.06. The van der Waals surface area contributed by atoms with Gasteiger partial charge in [-0.15, -0.1) is 0 Å². The summed E-state index contributed by atoms with van der Waals surface area (Å²) < 4.78 is 0. The first-order chi connectivity index (χ1) is 9.53. The zero-order valence-corrected chi connectivity index (χ0v) is 13.9. The van der Waals surface area contributed by atoms with Crippen LogP contribution in [0.2, 0.25) is 0 Å². The molecule has 1 N–H and O–H groups in total. The molecule has 0 radical (unpaired) electrons. The van der Waals surface area contributed by atoms with E-state index in [2.05, 4.69) is 31.1 Å². The van der Waals surface area contributed by atoms with Crippen molar-refractivity contribution >= 4 is 0 Å². The molecule has 0 aromatic carbocycles. The molecule has 116 valence electrons. The summed E-state index contributed by atoms with van der Waals surface area (Å²) in [7, 11) is 2.34. The lowest BCUT2D eigenvalue weighted by atomic mass is 9.44. The second-order valence-electron chi connectivity index (χ2n) is 8.76. The summed E-state index contributed by atoms with van der Waals surface area (Å²) in [5, 5.41) is 3.54. The van der Waals surface area contributed by atoms with Crippen LogP contribution in [0.5, 0.6) is 0 Å². The molecule has 20 heavy (non-hydrogen) atoms. The molecule has 0 amide bonds. The third kappa shape index (κ3) is 3.06. The van der Waals surface area contributed by atoms with Crippen molar-refractivity contribution in [3.05, 3.63) is 0 Å². The van der Waals surface area contributed by atoms with Gasteiger partial charge in [0.25, 0.3) is 0 Å². The normalized spacial score (nSPS) is 42.6. The zero-order valence-electron chi connectivity index (χ0n) is 13.9. The Balaban J connectivity index is 1.54. The van der Waals surface area contributed by atoms with Crippen molar-refractivity contribution in [1.29, 1.82) is 0 Å². The minimum Gasteiger partial charge on any atom is -0.315 e. The van der Waals surface area contributed by atoms with Crippen LogP contribution in [0.25, 0.3) is 0 Å². The maximum Gasteiger partial charge on any atom is 0.0104 e. The van der Waals surface area contributed by atoms with Gasteiger partial charge in [-0.25, -0.2) is 0 Å². The first kappa shape index (κ1) is 14.8. The fourth-order valence-corrected chi connectivity index (χ4v) is 6.34. The van der Waals surface area contributed by atoms with Crippen molar-refractivity contribution in [1.82, 2.24) is 10.2 Å². The van der Waals surface area contributed by atoms with Crippen molar-refractivity contribution in [3.8, 4) is 0 Å². The summed E-state index contributed by atoms with van der Waals surface area (Å²) >= 11 is 0. The summed E-state index contributed by atoms with van der Waals surface area (Å²) in [5.74, 6) is 2.13. The van der Waals surface area contributed by atoms with Crippen molar-refractivity contribution in [3.63, 3.8) is 0 Å². The van der Waals surface area contributed by atoms with E-state index in [1.807, 2.05) is 0 Å². The monoisotopic (exact) mass is 278 g/mol. The van der Waals surface area contributed by atoms with E-state index < -0.39 is 0 Å². The highest BCUT2D eigenvalue weighted by Gasteiger charge is 2.55. The molecular formula is C18H34N2. The van der Waals surface area contributed by atoms with Gasteiger partial charge in [-0.1, -0.05) is 13.8 Å². The third-order valence-corrected chi connectivity index (χ3v) is 6.18. The van der Waals surface area contributed by atoms with E-state index in [0.29, 0.717) is 10.8 Å². The molecule has 2 nitrogen and oxygen atoms in total. The van der Waals surface area contributed by atoms with Crippen molar-refractivity contribution in [2.45, 2.75) is 58.8 Å². The van der Waals surface area contributed by atoms with E-state index in [-0.39, 0.29) is 0 Å². The topological polar surface area (TPSA) is 15.3 Å². The molecule has 0 aromatic rings. The van der Waals surface area contributed by atoms with Crippen LogP contribution < -0.4 is 5.32 Å². The number of nitrogens with one attached hydrogen (secondary N) is 1. The Morgan fingerprint density at radius 2 is 1.80 bits per heavy atom. The highest BCUT2D eigenvalue weighted by Crippen LogP contribution is 2.65. The molecule has 0 aromatic heterocycles. The molecule has 0 heterocycles. The Hall–Kier alpha value is -0.0800. The predicted molar refractivity (Wildman–Crippen MR) is 85.9 cm³/mol. The van der Waals surface area contributed by atoms with E-state index in [1.165, 1.54) is 58.2 Å². The van der Waals surface area contributed by atoms with Crippen molar-refractivity contribution in [2.75, 3.05) is 33.2 Å². The molecule has 4 aliphatic rings. The van der Waals surface area contributed by atoms with Gasteiger partial charge in [-0.05, 0) is 81.2 Å². The lowest BCUT2D eigenvalue weighted by Gasteiger charge is -2.62. The Morgan fingerprint density at radius 1 is 1.10 bits per heavy atom. The number of hydrogen-bond donors (Lipinski definition) is 1. The second kappa shape index (κ2) is 5.61. The van der Waals surface area contributed by atoms with Gasteiger partial charge in [-0.3, -0.25) is 0 Å². The maximum absolute atomic E-state index is 3.54. The molecule has 4 bridgehead atoms. The SMILES string of the molecule is CCCNCCN(C)CC12CC3CC(CC(C)(C3)C1)C2. The van der Waals surface area contributed by atoms with Gasteiger partial charge < -0.3 is 10.2 Å². The average Bonchev–Trinajstić information content (AvgIpc) is 2.30. The summed E-state index contributed by atoms with van der Waals surface area (Å²) in [6.07, 6.45) is 10.5. The fraction of sp³-hybridized carbons (Fsp3) is 1.00. The van der Waals surface area contributed by atoms with E-state index in [9.17, 15) is 0 Å². The van der Waals surface area contributed by atoms with Gasteiger partial charge in [-0.2, -0.15) is 0 Å². The molecule has 0 spiro atoms. The van der Waals surface area contributed by atoms with Crippen LogP contribution in [-0.2, 0) is 0 Å². The van der Waals surface area contributed by atoms with Gasteiger partial charge in [0.05, 0.1) is 0 Å². The minimum atomic E-state index is 0.679. The Labute approximate surface area is 125 Å². The molecule has 4 aliphatic carbocycles. The van der Waals surface area contributed by atoms with Gasteiger partial charge in [0.2, 0.25) is 0 Å². The molecule has 2 atom stereocenters.